The highest BCUT2D eigenvalue weighted by atomic mass is 16.2. The van der Waals surface area contributed by atoms with Gasteiger partial charge < -0.3 is 40.6 Å². The summed E-state index contributed by atoms with van der Waals surface area (Å²) >= 11 is 0. The summed E-state index contributed by atoms with van der Waals surface area (Å²) in [6.45, 7) is 11.5. The van der Waals surface area contributed by atoms with E-state index in [9.17, 15) is 19.2 Å². The molecule has 0 unspecified atom stereocenters. The van der Waals surface area contributed by atoms with Gasteiger partial charge in [0.1, 0.15) is 0 Å². The Kier molecular flexibility index (Phi) is 14.9. The monoisotopic (exact) mass is 798 g/mol. The van der Waals surface area contributed by atoms with Crippen molar-refractivity contribution in [3.05, 3.63) is 127 Å². The lowest BCUT2D eigenvalue weighted by molar-refractivity contribution is 0.0956. The maximum absolute atomic E-state index is 12.9. The van der Waals surface area contributed by atoms with Crippen molar-refractivity contribution in [1.82, 2.24) is 34.9 Å². The first-order valence-electron chi connectivity index (χ1n) is 20.7. The second-order valence-corrected chi connectivity index (χ2v) is 15.6. The molecule has 2 aliphatic heterocycles. The molecule has 2 amide bonds. The Hall–Kier alpha value is -5.58. The van der Waals surface area contributed by atoms with Gasteiger partial charge in [0.15, 0.2) is 0 Å². The fourth-order valence-corrected chi connectivity index (χ4v) is 7.97. The Morgan fingerprint density at radius 3 is 1.61 bits per heavy atom. The molecule has 12 heteroatoms. The lowest BCUT2D eigenvalue weighted by Gasteiger charge is -2.32. The summed E-state index contributed by atoms with van der Waals surface area (Å²) in [6, 6.07) is 25.5. The van der Waals surface area contributed by atoms with Crippen LogP contribution in [-0.2, 0) is 13.1 Å². The molecule has 2 aromatic heterocycles. The molecule has 0 radical (unpaired) electrons. The zero-order valence-corrected chi connectivity index (χ0v) is 34.9. The molecule has 59 heavy (non-hydrogen) atoms. The third kappa shape index (κ3) is 11.1. The van der Waals surface area contributed by atoms with E-state index in [0.29, 0.717) is 42.8 Å². The van der Waals surface area contributed by atoms with Crippen LogP contribution in [0.1, 0.15) is 63.1 Å². The Bertz CT molecular complexity index is 2430. The molecule has 4 heterocycles. The van der Waals surface area contributed by atoms with Crippen molar-refractivity contribution in [3.8, 4) is 11.8 Å². The van der Waals surface area contributed by atoms with Crippen LogP contribution in [0.3, 0.4) is 0 Å². The van der Waals surface area contributed by atoms with Gasteiger partial charge >= 0.3 is 0 Å². The average molecular weight is 799 g/mol. The van der Waals surface area contributed by atoms with Crippen LogP contribution in [0.2, 0.25) is 0 Å². The van der Waals surface area contributed by atoms with Gasteiger partial charge in [0.05, 0.1) is 28.7 Å². The number of fused-ring (bicyclic) bond motifs is 2. The number of likely N-dealkylation sites (tertiary alicyclic amines) is 2. The zero-order chi connectivity index (χ0) is 41.9. The molecule has 5 N–H and O–H groups in total. The number of pyridine rings is 2. The van der Waals surface area contributed by atoms with E-state index in [1.54, 1.807) is 23.2 Å². The number of hydrogen-bond donors (Lipinski definition) is 4. The Morgan fingerprint density at radius 1 is 0.661 bits per heavy atom. The fourth-order valence-electron chi connectivity index (χ4n) is 7.97. The summed E-state index contributed by atoms with van der Waals surface area (Å²) < 4.78 is 3.58. The van der Waals surface area contributed by atoms with Crippen LogP contribution in [0.15, 0.2) is 88.5 Å². The highest BCUT2D eigenvalue weighted by Gasteiger charge is 2.21. The molecule has 0 saturated carbocycles. The molecule has 2 saturated heterocycles. The molecule has 2 fully saturated rings. The van der Waals surface area contributed by atoms with Gasteiger partial charge in [-0.05, 0) is 101 Å². The number of aryl methyl sites for hydroxylation is 2. The maximum Gasteiger partial charge on any atom is 0.251 e. The fraction of sp³-hybridized carbons (Fsp3) is 0.404. The van der Waals surface area contributed by atoms with Gasteiger partial charge in [0.2, 0.25) is 0 Å². The number of amides is 2. The first-order valence-corrected chi connectivity index (χ1v) is 20.7. The van der Waals surface area contributed by atoms with Gasteiger partial charge in [-0.2, -0.15) is 0 Å². The van der Waals surface area contributed by atoms with Crippen LogP contribution < -0.4 is 32.8 Å². The molecule has 0 spiro atoms. The molecule has 0 atom stereocenters. The molecule has 0 aliphatic carbocycles. The van der Waals surface area contributed by atoms with E-state index >= 15 is 0 Å². The summed E-state index contributed by atoms with van der Waals surface area (Å²) in [7, 11) is 3.16. The van der Waals surface area contributed by atoms with E-state index in [4.69, 9.17) is 5.73 Å². The minimum Gasteiger partial charge on any atom is -0.355 e. The minimum atomic E-state index is -0.235. The Morgan fingerprint density at radius 2 is 1.14 bits per heavy atom. The van der Waals surface area contributed by atoms with E-state index < -0.39 is 0 Å². The molecular weight excluding hydrogens is 741 g/mol. The first kappa shape index (κ1) is 43.0. The predicted octanol–water partition coefficient (Wildman–Crippen LogP) is 3.87. The van der Waals surface area contributed by atoms with Crippen LogP contribution in [0.5, 0.6) is 0 Å². The van der Waals surface area contributed by atoms with Crippen LogP contribution in [-0.4, -0.2) is 103 Å². The summed E-state index contributed by atoms with van der Waals surface area (Å²) in [4.78, 5) is 54.7. The van der Waals surface area contributed by atoms with Gasteiger partial charge in [-0.3, -0.25) is 19.2 Å². The number of nitrogens with one attached hydrogen (secondary N) is 3. The lowest BCUT2D eigenvalue weighted by atomic mass is 10.0. The van der Waals surface area contributed by atoms with Gasteiger partial charge in [-0.15, -0.1) is 0 Å². The van der Waals surface area contributed by atoms with Gasteiger partial charge in [0.25, 0.3) is 22.9 Å². The number of rotatable bonds is 10. The average Bonchev–Trinajstić information content (AvgIpc) is 3.25. The number of piperidine rings is 2. The SMILES string of the molecule is CNC(=O)c1cc(=O)n(CCN2CCC(N)CC2)c2cc(C)ccc12.CNC(=O)c1cc(=O)n(CCN2CCC(NCC#Cc3ccccc3)CC2)c2cc(C)ccc12. The lowest BCUT2D eigenvalue weighted by Crippen LogP contribution is -2.44. The van der Waals surface area contributed by atoms with Gasteiger partial charge in [-0.25, -0.2) is 0 Å². The molecule has 12 nitrogen and oxygen atoms in total. The third-order valence-electron chi connectivity index (χ3n) is 11.5. The van der Waals surface area contributed by atoms with Gasteiger partial charge in [-0.1, -0.05) is 54.3 Å². The quantitative estimate of drug-likeness (QED) is 0.156. The van der Waals surface area contributed by atoms with Crippen LogP contribution in [0.4, 0.5) is 0 Å². The number of benzene rings is 3. The minimum absolute atomic E-state index is 0.134. The van der Waals surface area contributed by atoms with Crippen molar-refractivity contribution in [1.29, 1.82) is 0 Å². The van der Waals surface area contributed by atoms with Crippen LogP contribution in [0, 0.1) is 25.7 Å². The second-order valence-electron chi connectivity index (χ2n) is 15.6. The smallest absolute Gasteiger partial charge is 0.251 e. The van der Waals surface area contributed by atoms with Crippen molar-refractivity contribution in [3.63, 3.8) is 0 Å². The predicted molar refractivity (Wildman–Crippen MR) is 237 cm³/mol. The summed E-state index contributed by atoms with van der Waals surface area (Å²) in [5.74, 6) is 5.93. The topological polar surface area (TPSA) is 147 Å². The van der Waals surface area contributed by atoms with E-state index in [0.717, 1.165) is 103 Å². The molecule has 2 aliphatic rings. The molecule has 0 bridgehead atoms. The van der Waals surface area contributed by atoms with Gasteiger partial charge in [0, 0.05) is 80.8 Å². The molecule has 3 aromatic carbocycles. The number of aromatic nitrogens is 2. The van der Waals surface area contributed by atoms with Crippen molar-refractivity contribution < 1.29 is 9.59 Å². The summed E-state index contributed by atoms with van der Waals surface area (Å²) in [6.07, 6.45) is 4.14. The second kappa shape index (κ2) is 20.4. The van der Waals surface area contributed by atoms with Crippen molar-refractivity contribution in [2.75, 3.05) is 59.9 Å². The third-order valence-corrected chi connectivity index (χ3v) is 11.5. The Labute approximate surface area is 346 Å². The first-order chi connectivity index (χ1) is 28.5. The molecular formula is C47H58N8O4. The largest absolute Gasteiger partial charge is 0.355 e. The molecule has 7 rings (SSSR count). The molecule has 310 valence electrons. The van der Waals surface area contributed by atoms with E-state index in [-0.39, 0.29) is 22.9 Å². The summed E-state index contributed by atoms with van der Waals surface area (Å²) in [5, 5.41) is 10.4. The van der Waals surface area contributed by atoms with Crippen molar-refractivity contribution in [2.45, 2.75) is 64.7 Å². The Balaban J connectivity index is 0.000000208. The van der Waals surface area contributed by atoms with E-state index in [2.05, 4.69) is 37.6 Å². The summed E-state index contributed by atoms with van der Waals surface area (Å²) in [5.41, 5.74) is 11.4. The number of carbonyl (C=O) groups excluding carboxylic acids is 2. The standard InChI is InChI=1S/C28H32N4O2.C19H26N4O2/c1-21-10-11-24-25(28(34)29-2)20-27(33)32(26(24)19-21)18-17-31-15-12-23(13-16-31)30-14-6-9-22-7-4-3-5-8-22;1-13-3-4-15-16(19(25)21-2)12-18(24)23(17(15)11-13)10-9-22-7-5-14(20)6-8-22/h3-5,7-8,10-11,19-20,23,30H,12-18H2,1-2H3,(H,29,34);3-4,11-12,14H,5-10,20H2,1-2H3,(H,21,25). The number of hydrogen-bond acceptors (Lipinski definition) is 8. The zero-order valence-electron chi connectivity index (χ0n) is 34.9. The number of nitrogens with two attached hydrogens (primary N) is 1. The normalized spacial score (nSPS) is 15.3. The van der Waals surface area contributed by atoms with Crippen molar-refractivity contribution >= 4 is 33.6 Å². The van der Waals surface area contributed by atoms with E-state index in [1.807, 2.05) is 80.6 Å². The van der Waals surface area contributed by atoms with E-state index in [1.165, 1.54) is 12.1 Å². The van der Waals surface area contributed by atoms with Crippen LogP contribution >= 0.6 is 0 Å². The molecule has 5 aromatic rings. The maximum atomic E-state index is 12.9. The number of nitrogens with zero attached hydrogens (tertiary/aromatic N) is 4. The van der Waals surface area contributed by atoms with Crippen molar-refractivity contribution in [2.24, 2.45) is 5.73 Å². The van der Waals surface area contributed by atoms with Crippen LogP contribution in [0.25, 0.3) is 21.8 Å². The number of carbonyl (C=O) groups is 2. The highest BCUT2D eigenvalue weighted by molar-refractivity contribution is 6.07. The highest BCUT2D eigenvalue weighted by Crippen LogP contribution is 2.21.